The molecule has 31 heavy (non-hydrogen) atoms. The number of anilines is 2. The Morgan fingerprint density at radius 1 is 1.29 bits per heavy atom. The fourth-order valence-electron chi connectivity index (χ4n) is 2.50. The molecule has 3 rings (SSSR count). The number of nitrogens with two attached hydrogens (primary N) is 1. The van der Waals surface area contributed by atoms with Gasteiger partial charge in [-0.1, -0.05) is 23.2 Å². The quantitative estimate of drug-likeness (QED) is 0.216. The van der Waals surface area contributed by atoms with Crippen molar-refractivity contribution < 1.29 is 22.8 Å². The number of carbonyl (C=O) groups excluding carboxylic acids is 2. The Morgan fingerprint density at radius 3 is 2.61 bits per heavy atom. The molecule has 2 aromatic heterocycles. The van der Waals surface area contributed by atoms with Gasteiger partial charge >= 0.3 is 6.18 Å². The van der Waals surface area contributed by atoms with E-state index < -0.39 is 23.5 Å². The third-order valence-electron chi connectivity index (χ3n) is 3.84. The van der Waals surface area contributed by atoms with Crippen molar-refractivity contribution in [2.45, 2.75) is 6.18 Å². The van der Waals surface area contributed by atoms with Gasteiger partial charge in [-0.05, 0) is 40.2 Å². The standard InChI is InChI=1S/C17H10BrCl2F3N6O2/c18-9-4-8(19)5-11(28(24)7-30)14(9)26-16(31)12-6-13(17(21,22)23)27-29(12)15-10(20)2-1-3-25-15/h1-7H,24H2,(H,26,31). The van der Waals surface area contributed by atoms with E-state index >= 15 is 0 Å². The SMILES string of the molecule is NN(C=O)c1cc(Cl)cc(Br)c1NC(=O)c1cc(C(F)(F)F)nn1-c1ncccc1Cl. The van der Waals surface area contributed by atoms with Crippen molar-refractivity contribution in [3.63, 3.8) is 0 Å². The summed E-state index contributed by atoms with van der Waals surface area (Å²) in [6.45, 7) is 0. The van der Waals surface area contributed by atoms with Gasteiger partial charge in [0.15, 0.2) is 11.5 Å². The predicted octanol–water partition coefficient (Wildman–Crippen LogP) is 4.44. The molecular formula is C17H10BrCl2F3N6O2. The third kappa shape index (κ3) is 4.82. The molecule has 0 spiro atoms. The first-order chi connectivity index (χ1) is 14.5. The van der Waals surface area contributed by atoms with Crippen molar-refractivity contribution in [2.75, 3.05) is 10.3 Å². The highest BCUT2D eigenvalue weighted by atomic mass is 79.9. The van der Waals surface area contributed by atoms with Crippen LogP contribution in [0.2, 0.25) is 10.0 Å². The molecule has 3 N–H and O–H groups in total. The Labute approximate surface area is 190 Å². The molecule has 162 valence electrons. The Hall–Kier alpha value is -2.67. The zero-order valence-electron chi connectivity index (χ0n) is 15.0. The van der Waals surface area contributed by atoms with Crippen molar-refractivity contribution >= 4 is 62.8 Å². The van der Waals surface area contributed by atoms with Crippen LogP contribution in [-0.4, -0.2) is 27.1 Å². The number of carbonyl (C=O) groups is 2. The maximum Gasteiger partial charge on any atom is 0.435 e. The monoisotopic (exact) mass is 536 g/mol. The number of alkyl halides is 3. The number of amides is 2. The Kier molecular flexibility index (Phi) is 6.55. The van der Waals surface area contributed by atoms with E-state index in [1.54, 1.807) is 0 Å². The van der Waals surface area contributed by atoms with E-state index in [4.69, 9.17) is 29.0 Å². The molecule has 0 saturated carbocycles. The maximum absolute atomic E-state index is 13.3. The number of hydrogen-bond acceptors (Lipinski definition) is 5. The van der Waals surface area contributed by atoms with E-state index in [-0.39, 0.29) is 38.1 Å². The molecule has 0 fully saturated rings. The van der Waals surface area contributed by atoms with Gasteiger partial charge in [0.25, 0.3) is 5.91 Å². The lowest BCUT2D eigenvalue weighted by atomic mass is 10.2. The fraction of sp³-hybridized carbons (Fsp3) is 0.0588. The number of rotatable bonds is 5. The normalized spacial score (nSPS) is 11.3. The van der Waals surface area contributed by atoms with E-state index in [1.165, 1.54) is 30.5 Å². The number of nitrogens with zero attached hydrogens (tertiary/aromatic N) is 4. The Morgan fingerprint density at radius 2 is 2.00 bits per heavy atom. The summed E-state index contributed by atoms with van der Waals surface area (Å²) in [6.07, 6.45) is -3.30. The van der Waals surface area contributed by atoms with Crippen LogP contribution in [0.3, 0.4) is 0 Å². The molecule has 8 nitrogen and oxygen atoms in total. The molecule has 0 aliphatic rings. The highest BCUT2D eigenvalue weighted by Gasteiger charge is 2.36. The summed E-state index contributed by atoms with van der Waals surface area (Å²) in [6, 6.07) is 6.07. The second-order valence-corrected chi connectivity index (χ2v) is 7.58. The van der Waals surface area contributed by atoms with Crippen LogP contribution in [-0.2, 0) is 11.0 Å². The third-order valence-corrected chi connectivity index (χ3v) is 4.98. The van der Waals surface area contributed by atoms with Crippen molar-refractivity contribution in [3.8, 4) is 5.82 Å². The lowest BCUT2D eigenvalue weighted by Crippen LogP contribution is -2.30. The summed E-state index contributed by atoms with van der Waals surface area (Å²) in [5.41, 5.74) is -1.88. The summed E-state index contributed by atoms with van der Waals surface area (Å²) >= 11 is 15.2. The number of pyridine rings is 1. The van der Waals surface area contributed by atoms with Crippen LogP contribution in [0.15, 0.2) is 41.0 Å². The summed E-state index contributed by atoms with van der Waals surface area (Å²) in [4.78, 5) is 27.9. The van der Waals surface area contributed by atoms with Crippen LogP contribution in [0.4, 0.5) is 24.5 Å². The molecule has 0 aliphatic heterocycles. The van der Waals surface area contributed by atoms with Crippen molar-refractivity contribution in [1.29, 1.82) is 0 Å². The van der Waals surface area contributed by atoms with Crippen molar-refractivity contribution in [2.24, 2.45) is 5.84 Å². The van der Waals surface area contributed by atoms with Crippen LogP contribution in [0.5, 0.6) is 0 Å². The topological polar surface area (TPSA) is 106 Å². The Bertz CT molecular complexity index is 1170. The van der Waals surface area contributed by atoms with Gasteiger partial charge in [0.1, 0.15) is 5.69 Å². The molecule has 14 heteroatoms. The van der Waals surface area contributed by atoms with Gasteiger partial charge in [0.2, 0.25) is 6.41 Å². The Balaban J connectivity index is 2.12. The second kappa shape index (κ2) is 8.83. The minimum absolute atomic E-state index is 0.0132. The van der Waals surface area contributed by atoms with Crippen LogP contribution in [0.1, 0.15) is 16.2 Å². The number of nitrogens with one attached hydrogen (secondary N) is 1. The lowest BCUT2D eigenvalue weighted by molar-refractivity contribution is -0.141. The molecule has 3 aromatic rings. The molecule has 2 amide bonds. The molecule has 0 unspecified atom stereocenters. The molecule has 0 bridgehead atoms. The highest BCUT2D eigenvalue weighted by Crippen LogP contribution is 2.36. The van der Waals surface area contributed by atoms with Crippen LogP contribution in [0.25, 0.3) is 5.82 Å². The highest BCUT2D eigenvalue weighted by molar-refractivity contribution is 9.10. The van der Waals surface area contributed by atoms with Gasteiger partial charge in [0, 0.05) is 21.8 Å². The summed E-state index contributed by atoms with van der Waals surface area (Å²) in [5.74, 6) is 4.40. The second-order valence-electron chi connectivity index (χ2n) is 5.88. The summed E-state index contributed by atoms with van der Waals surface area (Å²) in [5, 5.41) is 6.64. The van der Waals surface area contributed by atoms with E-state index in [1.807, 2.05) is 0 Å². The average molecular weight is 538 g/mol. The fourth-order valence-corrected chi connectivity index (χ4v) is 3.59. The molecule has 0 radical (unpaired) electrons. The molecule has 1 aromatic carbocycles. The van der Waals surface area contributed by atoms with Crippen LogP contribution < -0.4 is 16.2 Å². The van der Waals surface area contributed by atoms with Gasteiger partial charge < -0.3 is 5.32 Å². The number of aromatic nitrogens is 3. The summed E-state index contributed by atoms with van der Waals surface area (Å²) < 4.78 is 40.7. The van der Waals surface area contributed by atoms with Crippen LogP contribution >= 0.6 is 39.1 Å². The van der Waals surface area contributed by atoms with Gasteiger partial charge in [-0.3, -0.25) is 9.59 Å². The minimum Gasteiger partial charge on any atom is -0.318 e. The number of benzene rings is 1. The molecule has 2 heterocycles. The van der Waals surface area contributed by atoms with E-state index in [9.17, 15) is 22.8 Å². The number of hydrogen-bond donors (Lipinski definition) is 2. The van der Waals surface area contributed by atoms with Crippen LogP contribution in [0, 0.1) is 0 Å². The first-order valence-electron chi connectivity index (χ1n) is 8.10. The summed E-state index contributed by atoms with van der Waals surface area (Å²) in [7, 11) is 0. The largest absolute Gasteiger partial charge is 0.435 e. The van der Waals surface area contributed by atoms with E-state index in [2.05, 4.69) is 31.3 Å². The van der Waals surface area contributed by atoms with Gasteiger partial charge in [-0.25, -0.2) is 20.5 Å². The number of hydrazine groups is 1. The molecule has 0 saturated heterocycles. The lowest BCUT2D eigenvalue weighted by Gasteiger charge is -2.18. The maximum atomic E-state index is 13.3. The minimum atomic E-state index is -4.83. The first kappa shape index (κ1) is 23.0. The zero-order valence-corrected chi connectivity index (χ0v) is 18.1. The average Bonchev–Trinajstić information content (AvgIpc) is 3.15. The van der Waals surface area contributed by atoms with Gasteiger partial charge in [-0.2, -0.15) is 18.3 Å². The number of halogens is 6. The predicted molar refractivity (Wildman–Crippen MR) is 111 cm³/mol. The van der Waals surface area contributed by atoms with Crippen molar-refractivity contribution in [3.05, 3.63) is 62.4 Å². The van der Waals surface area contributed by atoms with Gasteiger partial charge in [-0.15, -0.1) is 0 Å². The zero-order chi connectivity index (χ0) is 22.9. The first-order valence-corrected chi connectivity index (χ1v) is 9.65. The smallest absolute Gasteiger partial charge is 0.318 e. The molecular weight excluding hydrogens is 528 g/mol. The van der Waals surface area contributed by atoms with Gasteiger partial charge in [0.05, 0.1) is 16.4 Å². The van der Waals surface area contributed by atoms with E-state index in [0.29, 0.717) is 15.8 Å². The van der Waals surface area contributed by atoms with E-state index in [0.717, 1.165) is 0 Å². The molecule has 0 aliphatic carbocycles. The molecule has 0 atom stereocenters. The van der Waals surface area contributed by atoms with Crippen molar-refractivity contribution in [1.82, 2.24) is 14.8 Å².